The average Bonchev–Trinajstić information content (AvgIpc) is 2.52. The first-order chi connectivity index (χ1) is 11.0. The van der Waals surface area contributed by atoms with Crippen LogP contribution in [0.25, 0.3) is 0 Å². The highest BCUT2D eigenvalue weighted by Gasteiger charge is 2.17. The van der Waals surface area contributed by atoms with E-state index in [9.17, 15) is 4.79 Å². The van der Waals surface area contributed by atoms with Gasteiger partial charge in [-0.2, -0.15) is 0 Å². The molecule has 2 rings (SSSR count). The van der Waals surface area contributed by atoms with Gasteiger partial charge in [0.05, 0.1) is 23.8 Å². The van der Waals surface area contributed by atoms with E-state index in [0.717, 1.165) is 5.56 Å². The lowest BCUT2D eigenvalue weighted by molar-refractivity contribution is 0.0945. The van der Waals surface area contributed by atoms with Gasteiger partial charge in [0.2, 0.25) is 5.88 Å². The van der Waals surface area contributed by atoms with Crippen LogP contribution in [-0.2, 0) is 6.54 Å². The van der Waals surface area contributed by atoms with Gasteiger partial charge in [0.25, 0.3) is 5.91 Å². The zero-order valence-electron chi connectivity index (χ0n) is 13.3. The Bertz CT molecular complexity index is 672. The molecule has 1 aromatic carbocycles. The number of nitrogens with zero attached hydrogens (tertiary/aromatic N) is 1. The topological polar surface area (TPSA) is 60.5 Å². The molecular formula is C17H19ClN2O3. The summed E-state index contributed by atoms with van der Waals surface area (Å²) in [6, 6.07) is 8.73. The van der Waals surface area contributed by atoms with Gasteiger partial charge in [-0.3, -0.25) is 4.79 Å². The molecular weight excluding hydrogens is 316 g/mol. The number of pyridine rings is 1. The molecule has 0 spiro atoms. The zero-order chi connectivity index (χ0) is 16.8. The minimum Gasteiger partial charge on any atom is -0.490 e. The molecule has 0 bridgehead atoms. The summed E-state index contributed by atoms with van der Waals surface area (Å²) in [6.45, 7) is 4.12. The maximum atomic E-state index is 12.4. The van der Waals surface area contributed by atoms with Crippen molar-refractivity contribution in [2.24, 2.45) is 0 Å². The van der Waals surface area contributed by atoms with Gasteiger partial charge >= 0.3 is 0 Å². The second kappa shape index (κ2) is 7.83. The van der Waals surface area contributed by atoms with Crippen molar-refractivity contribution >= 4 is 17.5 Å². The number of benzene rings is 1. The van der Waals surface area contributed by atoms with Gasteiger partial charge in [-0.05, 0) is 31.5 Å². The Hall–Kier alpha value is -2.27. The molecule has 0 unspecified atom stereocenters. The summed E-state index contributed by atoms with van der Waals surface area (Å²) in [5, 5.41) is 3.18. The molecule has 0 saturated carbocycles. The fourth-order valence-electron chi connectivity index (χ4n) is 1.98. The summed E-state index contributed by atoms with van der Waals surface area (Å²) in [6.07, 6.45) is 1.60. The maximum absolute atomic E-state index is 12.4. The highest BCUT2D eigenvalue weighted by atomic mass is 35.5. The fraction of sp³-hybridized carbons (Fsp3) is 0.294. The molecule has 0 fully saturated rings. The summed E-state index contributed by atoms with van der Waals surface area (Å²) < 4.78 is 10.7. The Morgan fingerprint density at radius 1 is 1.30 bits per heavy atom. The molecule has 2 aromatic rings. The normalized spacial score (nSPS) is 10.5. The van der Waals surface area contributed by atoms with Crippen LogP contribution < -0.4 is 14.8 Å². The minimum absolute atomic E-state index is 0.0502. The van der Waals surface area contributed by atoms with Crippen molar-refractivity contribution in [2.75, 3.05) is 7.11 Å². The largest absolute Gasteiger partial charge is 0.490 e. The van der Waals surface area contributed by atoms with Gasteiger partial charge in [-0.15, -0.1) is 0 Å². The summed E-state index contributed by atoms with van der Waals surface area (Å²) in [4.78, 5) is 16.5. The van der Waals surface area contributed by atoms with Crippen LogP contribution in [0.5, 0.6) is 11.6 Å². The van der Waals surface area contributed by atoms with Crippen molar-refractivity contribution in [3.63, 3.8) is 0 Å². The van der Waals surface area contributed by atoms with E-state index in [2.05, 4.69) is 10.3 Å². The van der Waals surface area contributed by atoms with E-state index in [1.165, 1.54) is 0 Å². The van der Waals surface area contributed by atoms with Gasteiger partial charge < -0.3 is 14.8 Å². The number of halogens is 1. The summed E-state index contributed by atoms with van der Waals surface area (Å²) >= 11 is 6.16. The van der Waals surface area contributed by atoms with Crippen LogP contribution in [0.1, 0.15) is 29.8 Å². The first kappa shape index (κ1) is 17.1. The molecule has 1 N–H and O–H groups in total. The summed E-state index contributed by atoms with van der Waals surface area (Å²) in [5.41, 5.74) is 1.20. The van der Waals surface area contributed by atoms with Crippen LogP contribution in [0.15, 0.2) is 36.5 Å². The first-order valence-corrected chi connectivity index (χ1v) is 7.61. The van der Waals surface area contributed by atoms with E-state index in [1.54, 1.807) is 37.6 Å². The molecule has 1 heterocycles. The van der Waals surface area contributed by atoms with Crippen molar-refractivity contribution in [3.05, 3.63) is 52.7 Å². The number of methoxy groups -OCH3 is 1. The van der Waals surface area contributed by atoms with Crippen LogP contribution in [-0.4, -0.2) is 24.1 Å². The number of ether oxygens (including phenoxy) is 2. The fourth-order valence-corrected chi connectivity index (χ4v) is 2.24. The van der Waals surface area contributed by atoms with Crippen molar-refractivity contribution in [2.45, 2.75) is 26.5 Å². The Morgan fingerprint density at radius 3 is 2.70 bits per heavy atom. The Morgan fingerprint density at radius 2 is 2.09 bits per heavy atom. The maximum Gasteiger partial charge on any atom is 0.256 e. The van der Waals surface area contributed by atoms with E-state index < -0.39 is 0 Å². The molecule has 0 aliphatic carbocycles. The van der Waals surface area contributed by atoms with Gasteiger partial charge in [0.15, 0.2) is 0 Å². The third kappa shape index (κ3) is 4.60. The van der Waals surface area contributed by atoms with E-state index in [1.807, 2.05) is 19.9 Å². The Balaban J connectivity index is 2.10. The molecule has 5 nitrogen and oxygen atoms in total. The van der Waals surface area contributed by atoms with E-state index >= 15 is 0 Å². The van der Waals surface area contributed by atoms with Crippen LogP contribution in [0.2, 0.25) is 5.02 Å². The highest BCUT2D eigenvalue weighted by Crippen LogP contribution is 2.27. The average molecular weight is 335 g/mol. The standard InChI is InChI=1S/C17H19ClN2O3/c1-11(2)23-14-6-4-5-13(18)16(14)17(21)20-10-12-7-8-15(22-3)19-9-12/h4-9,11H,10H2,1-3H3,(H,20,21). The first-order valence-electron chi connectivity index (χ1n) is 7.23. The highest BCUT2D eigenvalue weighted by molar-refractivity contribution is 6.34. The molecule has 1 amide bonds. The SMILES string of the molecule is COc1ccc(CNC(=O)c2c(Cl)cccc2OC(C)C)cn1. The number of nitrogens with one attached hydrogen (secondary N) is 1. The number of carbonyl (C=O) groups is 1. The minimum atomic E-state index is -0.290. The van der Waals surface area contributed by atoms with E-state index in [4.69, 9.17) is 21.1 Å². The number of amides is 1. The third-order valence-electron chi connectivity index (χ3n) is 3.02. The Labute approximate surface area is 140 Å². The molecule has 0 aliphatic rings. The molecule has 0 atom stereocenters. The van der Waals surface area contributed by atoms with Gasteiger partial charge in [0, 0.05) is 18.8 Å². The molecule has 122 valence electrons. The monoisotopic (exact) mass is 334 g/mol. The summed E-state index contributed by atoms with van der Waals surface area (Å²) in [5.74, 6) is 0.707. The lowest BCUT2D eigenvalue weighted by atomic mass is 10.1. The van der Waals surface area contributed by atoms with Crippen molar-refractivity contribution in [1.29, 1.82) is 0 Å². The number of hydrogen-bond acceptors (Lipinski definition) is 4. The Kier molecular flexibility index (Phi) is 5.82. The van der Waals surface area contributed by atoms with Crippen LogP contribution in [0.3, 0.4) is 0 Å². The molecule has 1 aromatic heterocycles. The van der Waals surface area contributed by atoms with E-state index in [0.29, 0.717) is 28.8 Å². The third-order valence-corrected chi connectivity index (χ3v) is 3.34. The second-order valence-electron chi connectivity index (χ2n) is 5.17. The van der Waals surface area contributed by atoms with Crippen molar-refractivity contribution < 1.29 is 14.3 Å². The van der Waals surface area contributed by atoms with Gasteiger partial charge in [0.1, 0.15) is 5.75 Å². The predicted molar refractivity (Wildman–Crippen MR) is 89.2 cm³/mol. The van der Waals surface area contributed by atoms with Crippen LogP contribution in [0.4, 0.5) is 0 Å². The molecule has 0 aliphatic heterocycles. The van der Waals surface area contributed by atoms with Crippen LogP contribution >= 0.6 is 11.6 Å². The van der Waals surface area contributed by atoms with Gasteiger partial charge in [-0.25, -0.2) is 4.98 Å². The number of carbonyl (C=O) groups excluding carboxylic acids is 1. The quantitative estimate of drug-likeness (QED) is 0.878. The van der Waals surface area contributed by atoms with Crippen molar-refractivity contribution in [1.82, 2.24) is 10.3 Å². The number of rotatable bonds is 6. The molecule has 6 heteroatoms. The number of aromatic nitrogens is 1. The van der Waals surface area contributed by atoms with E-state index in [-0.39, 0.29) is 12.0 Å². The van der Waals surface area contributed by atoms with Gasteiger partial charge in [-0.1, -0.05) is 23.7 Å². The zero-order valence-corrected chi connectivity index (χ0v) is 14.1. The predicted octanol–water partition coefficient (Wildman–Crippen LogP) is 3.46. The smallest absolute Gasteiger partial charge is 0.256 e. The molecule has 23 heavy (non-hydrogen) atoms. The second-order valence-corrected chi connectivity index (χ2v) is 5.58. The number of hydrogen-bond donors (Lipinski definition) is 1. The molecule has 0 radical (unpaired) electrons. The van der Waals surface area contributed by atoms with Crippen LogP contribution in [0, 0.1) is 0 Å². The molecule has 0 saturated heterocycles. The lowest BCUT2D eigenvalue weighted by Gasteiger charge is -2.15. The summed E-state index contributed by atoms with van der Waals surface area (Å²) in [7, 11) is 1.55. The lowest BCUT2D eigenvalue weighted by Crippen LogP contribution is -2.24. The van der Waals surface area contributed by atoms with Crippen molar-refractivity contribution in [3.8, 4) is 11.6 Å².